The van der Waals surface area contributed by atoms with Crippen molar-refractivity contribution in [3.8, 4) is 11.5 Å². The van der Waals surface area contributed by atoms with Crippen molar-refractivity contribution in [1.82, 2.24) is 4.98 Å². The lowest BCUT2D eigenvalue weighted by molar-refractivity contribution is 0.0729. The second-order valence-electron chi connectivity index (χ2n) is 3.85. The van der Waals surface area contributed by atoms with E-state index in [4.69, 9.17) is 21.1 Å². The van der Waals surface area contributed by atoms with Crippen molar-refractivity contribution in [3.63, 3.8) is 0 Å². The Morgan fingerprint density at radius 3 is 2.68 bits per heavy atom. The van der Waals surface area contributed by atoms with Gasteiger partial charge in [-0.15, -0.1) is 0 Å². The van der Waals surface area contributed by atoms with Crippen LogP contribution in [0.4, 0.5) is 0 Å². The molecule has 0 saturated heterocycles. The lowest BCUT2D eigenvalue weighted by Gasteiger charge is -2.10. The molecule has 1 heterocycles. The van der Waals surface area contributed by atoms with E-state index < -0.39 is 5.97 Å². The number of pyridine rings is 1. The van der Waals surface area contributed by atoms with Crippen LogP contribution in [0.5, 0.6) is 11.5 Å². The molecule has 5 heteroatoms. The van der Waals surface area contributed by atoms with Crippen LogP contribution in [-0.2, 0) is 0 Å². The Morgan fingerprint density at radius 2 is 2.05 bits per heavy atom. The minimum Gasteiger partial charge on any atom is -0.493 e. The molecule has 2 aromatic rings. The van der Waals surface area contributed by atoms with Crippen molar-refractivity contribution in [2.24, 2.45) is 0 Å². The van der Waals surface area contributed by atoms with Gasteiger partial charge < -0.3 is 9.47 Å². The number of nitrogens with zero attached hydrogens (tertiary/aromatic N) is 1. The summed E-state index contributed by atoms with van der Waals surface area (Å²) in [6.45, 7) is 1.84. The van der Waals surface area contributed by atoms with Gasteiger partial charge >= 0.3 is 5.97 Å². The third-order valence-corrected chi connectivity index (χ3v) is 2.79. The number of halogens is 1. The molecule has 4 nitrogen and oxygen atoms in total. The Hall–Kier alpha value is -2.07. The normalized spacial score (nSPS) is 10.1. The molecular weight excluding hydrogens is 266 g/mol. The van der Waals surface area contributed by atoms with Crippen LogP contribution in [0.3, 0.4) is 0 Å². The number of hydrogen-bond donors (Lipinski definition) is 0. The molecular formula is C14H12ClNO3. The number of hydrogen-bond acceptors (Lipinski definition) is 4. The van der Waals surface area contributed by atoms with E-state index in [1.165, 1.54) is 13.3 Å². The highest BCUT2D eigenvalue weighted by atomic mass is 35.5. The van der Waals surface area contributed by atoms with Crippen molar-refractivity contribution >= 4 is 17.6 Å². The Bertz CT molecular complexity index is 596. The van der Waals surface area contributed by atoms with Gasteiger partial charge in [0, 0.05) is 11.9 Å². The molecule has 0 aliphatic heterocycles. The highest BCUT2D eigenvalue weighted by molar-refractivity contribution is 6.32. The first-order valence-corrected chi connectivity index (χ1v) is 5.97. The first-order valence-electron chi connectivity index (χ1n) is 5.59. The highest BCUT2D eigenvalue weighted by Crippen LogP contribution is 2.35. The molecule has 19 heavy (non-hydrogen) atoms. The van der Waals surface area contributed by atoms with Gasteiger partial charge in [0.1, 0.15) is 0 Å². The van der Waals surface area contributed by atoms with Gasteiger partial charge in [0.2, 0.25) is 0 Å². The van der Waals surface area contributed by atoms with E-state index in [-0.39, 0.29) is 5.75 Å². The summed E-state index contributed by atoms with van der Waals surface area (Å²) in [6.07, 6.45) is 1.46. The van der Waals surface area contributed by atoms with E-state index in [0.717, 1.165) is 5.69 Å². The quantitative estimate of drug-likeness (QED) is 0.638. The van der Waals surface area contributed by atoms with Crippen LogP contribution in [0.2, 0.25) is 5.02 Å². The van der Waals surface area contributed by atoms with Gasteiger partial charge in [0.25, 0.3) is 0 Å². The van der Waals surface area contributed by atoms with Crippen molar-refractivity contribution in [1.29, 1.82) is 0 Å². The fraction of sp³-hybridized carbons (Fsp3) is 0.143. The first kappa shape index (κ1) is 13.4. The predicted molar refractivity (Wildman–Crippen MR) is 71.9 cm³/mol. The van der Waals surface area contributed by atoms with Gasteiger partial charge in [-0.2, -0.15) is 0 Å². The van der Waals surface area contributed by atoms with Crippen LogP contribution in [0.15, 0.2) is 36.5 Å². The fourth-order valence-corrected chi connectivity index (χ4v) is 1.69. The number of rotatable bonds is 3. The largest absolute Gasteiger partial charge is 0.493 e. The minimum absolute atomic E-state index is 0.206. The molecule has 0 fully saturated rings. The molecule has 1 aromatic carbocycles. The average Bonchev–Trinajstić information content (AvgIpc) is 2.41. The summed E-state index contributed by atoms with van der Waals surface area (Å²) < 4.78 is 10.4. The van der Waals surface area contributed by atoms with E-state index in [9.17, 15) is 4.79 Å². The van der Waals surface area contributed by atoms with E-state index in [2.05, 4.69) is 4.98 Å². The van der Waals surface area contributed by atoms with Crippen molar-refractivity contribution in [2.75, 3.05) is 7.11 Å². The number of methoxy groups -OCH3 is 1. The zero-order valence-electron chi connectivity index (χ0n) is 10.5. The number of carbonyl (C=O) groups is 1. The summed E-state index contributed by atoms with van der Waals surface area (Å²) in [7, 11) is 1.48. The minimum atomic E-state index is -0.529. The number of esters is 1. The molecule has 0 bridgehead atoms. The predicted octanol–water partition coefficient (Wildman–Crippen LogP) is 3.27. The third kappa shape index (κ3) is 3.03. The number of ether oxygens (including phenoxy) is 2. The number of aromatic nitrogens is 1. The molecule has 0 radical (unpaired) electrons. The Kier molecular flexibility index (Phi) is 4.02. The van der Waals surface area contributed by atoms with E-state index in [0.29, 0.717) is 16.3 Å². The molecule has 0 saturated carbocycles. The van der Waals surface area contributed by atoms with Crippen molar-refractivity contribution in [3.05, 3.63) is 52.8 Å². The topological polar surface area (TPSA) is 48.4 Å². The molecule has 2 rings (SSSR count). The smallest absolute Gasteiger partial charge is 0.345 e. The van der Waals surface area contributed by atoms with E-state index in [1.54, 1.807) is 30.3 Å². The Labute approximate surface area is 115 Å². The summed E-state index contributed by atoms with van der Waals surface area (Å²) in [4.78, 5) is 16.0. The fourth-order valence-electron chi connectivity index (χ4n) is 1.49. The van der Waals surface area contributed by atoms with Gasteiger partial charge in [-0.1, -0.05) is 17.7 Å². The van der Waals surface area contributed by atoms with Crippen molar-refractivity contribution < 1.29 is 14.3 Å². The number of carbonyl (C=O) groups excluding carboxylic acids is 1. The summed E-state index contributed by atoms with van der Waals surface area (Å²) >= 11 is 5.99. The lowest BCUT2D eigenvalue weighted by Crippen LogP contribution is -2.10. The zero-order valence-corrected chi connectivity index (χ0v) is 11.3. The molecule has 0 atom stereocenters. The summed E-state index contributed by atoms with van der Waals surface area (Å²) in [5, 5.41) is 0.313. The standard InChI is InChI=1S/C14H12ClNO3/c1-9-6-7-10(8-16-9)14(17)19-13-11(15)4-3-5-12(13)18-2/h3-8H,1-2H3. The van der Waals surface area contributed by atoms with E-state index in [1.807, 2.05) is 6.92 Å². The van der Waals surface area contributed by atoms with Crippen LogP contribution in [0.1, 0.15) is 16.1 Å². The van der Waals surface area contributed by atoms with Crippen LogP contribution in [0.25, 0.3) is 0 Å². The molecule has 98 valence electrons. The summed E-state index contributed by atoms with van der Waals surface area (Å²) in [6, 6.07) is 8.39. The van der Waals surface area contributed by atoms with Gasteiger partial charge in [0.05, 0.1) is 17.7 Å². The first-order chi connectivity index (χ1) is 9.11. The average molecular weight is 278 g/mol. The molecule has 0 unspecified atom stereocenters. The molecule has 0 spiro atoms. The van der Waals surface area contributed by atoms with Crippen LogP contribution in [0, 0.1) is 6.92 Å². The maximum Gasteiger partial charge on any atom is 0.345 e. The van der Waals surface area contributed by atoms with Gasteiger partial charge in [-0.25, -0.2) is 4.79 Å². The molecule has 1 aromatic heterocycles. The van der Waals surface area contributed by atoms with Crippen LogP contribution < -0.4 is 9.47 Å². The Balaban J connectivity index is 2.26. The maximum atomic E-state index is 12.0. The van der Waals surface area contributed by atoms with Crippen molar-refractivity contribution in [2.45, 2.75) is 6.92 Å². The zero-order chi connectivity index (χ0) is 13.8. The second kappa shape index (κ2) is 5.71. The van der Waals surface area contributed by atoms with Gasteiger partial charge in [0.15, 0.2) is 11.5 Å². The summed E-state index contributed by atoms with van der Waals surface area (Å²) in [5.41, 5.74) is 1.18. The van der Waals surface area contributed by atoms with Gasteiger partial charge in [-0.3, -0.25) is 4.98 Å². The maximum absolute atomic E-state index is 12.0. The third-order valence-electron chi connectivity index (χ3n) is 2.49. The van der Waals surface area contributed by atoms with Gasteiger partial charge in [-0.05, 0) is 31.2 Å². The van der Waals surface area contributed by atoms with Crippen LogP contribution >= 0.6 is 11.6 Å². The lowest BCUT2D eigenvalue weighted by atomic mass is 10.2. The number of para-hydroxylation sites is 1. The Morgan fingerprint density at radius 1 is 1.26 bits per heavy atom. The summed E-state index contributed by atoms with van der Waals surface area (Å²) in [5.74, 6) is 0.0806. The molecule has 0 aliphatic rings. The second-order valence-corrected chi connectivity index (χ2v) is 4.26. The van der Waals surface area contributed by atoms with E-state index >= 15 is 0 Å². The molecule has 0 N–H and O–H groups in total. The van der Waals surface area contributed by atoms with Crippen LogP contribution in [-0.4, -0.2) is 18.1 Å². The monoisotopic (exact) mass is 277 g/mol. The molecule has 0 aliphatic carbocycles. The molecule has 0 amide bonds. The SMILES string of the molecule is COc1cccc(Cl)c1OC(=O)c1ccc(C)nc1. The highest BCUT2D eigenvalue weighted by Gasteiger charge is 2.15. The number of benzene rings is 1. The number of aryl methyl sites for hydroxylation is 1.